The van der Waals surface area contributed by atoms with Gasteiger partial charge in [0.05, 0.1) is 0 Å². The van der Waals surface area contributed by atoms with Gasteiger partial charge in [-0.05, 0) is 18.1 Å². The summed E-state index contributed by atoms with van der Waals surface area (Å²) in [6, 6.07) is 6.36. The SMILES string of the molecule is c1cc2c3cc1CC2COO3. The van der Waals surface area contributed by atoms with Crippen molar-refractivity contribution >= 4 is 0 Å². The Kier molecular flexibility index (Phi) is 0.902. The second-order valence-electron chi connectivity index (χ2n) is 3.14. The van der Waals surface area contributed by atoms with Crippen LogP contribution in [-0.2, 0) is 11.3 Å². The Bertz CT molecular complexity index is 306. The van der Waals surface area contributed by atoms with Crippen molar-refractivity contribution in [2.75, 3.05) is 6.61 Å². The van der Waals surface area contributed by atoms with Gasteiger partial charge in [0.25, 0.3) is 0 Å². The topological polar surface area (TPSA) is 18.5 Å². The fourth-order valence-corrected chi connectivity index (χ4v) is 1.84. The molecule has 0 N–H and O–H groups in total. The molecular weight excluding hydrogens is 140 g/mol. The Morgan fingerprint density at radius 3 is 3.09 bits per heavy atom. The van der Waals surface area contributed by atoms with Crippen LogP contribution in [0.25, 0.3) is 0 Å². The molecule has 2 aliphatic carbocycles. The second kappa shape index (κ2) is 1.77. The van der Waals surface area contributed by atoms with Crippen molar-refractivity contribution in [3.63, 3.8) is 0 Å². The minimum Gasteiger partial charge on any atom is -0.337 e. The van der Waals surface area contributed by atoms with Crippen LogP contribution in [0, 0.1) is 0 Å². The van der Waals surface area contributed by atoms with Crippen LogP contribution in [0.2, 0.25) is 0 Å². The van der Waals surface area contributed by atoms with Crippen molar-refractivity contribution in [1.29, 1.82) is 0 Å². The minimum atomic E-state index is 0.559. The fraction of sp³-hybridized carbons (Fsp3) is 0.333. The summed E-state index contributed by atoms with van der Waals surface area (Å²) in [5.74, 6) is 1.48. The lowest BCUT2D eigenvalue weighted by molar-refractivity contribution is -0.223. The van der Waals surface area contributed by atoms with Gasteiger partial charge < -0.3 is 4.89 Å². The molecule has 1 atom stereocenters. The molecule has 1 aromatic carbocycles. The molecule has 0 aromatic heterocycles. The zero-order valence-corrected chi connectivity index (χ0v) is 6.04. The molecule has 0 amide bonds. The summed E-state index contributed by atoms with van der Waals surface area (Å²) >= 11 is 0. The molecule has 0 radical (unpaired) electrons. The molecule has 1 aromatic rings. The molecule has 0 spiro atoms. The van der Waals surface area contributed by atoms with E-state index in [4.69, 9.17) is 9.78 Å². The van der Waals surface area contributed by atoms with E-state index in [2.05, 4.69) is 18.2 Å². The Balaban J connectivity index is 2.28. The Hall–Kier alpha value is -1.02. The summed E-state index contributed by atoms with van der Waals surface area (Å²) < 4.78 is 0. The highest BCUT2D eigenvalue weighted by molar-refractivity contribution is 5.45. The van der Waals surface area contributed by atoms with Crippen LogP contribution in [-0.4, -0.2) is 6.61 Å². The standard InChI is InChI=1S/C9H8O2/c1-2-8-7-3-6(1)4-9(8)11-10-5-7/h1-2,4,7H,3,5H2. The molecule has 3 aliphatic rings. The van der Waals surface area contributed by atoms with Crippen LogP contribution in [0.3, 0.4) is 0 Å². The molecule has 56 valence electrons. The van der Waals surface area contributed by atoms with Crippen LogP contribution in [0.4, 0.5) is 0 Å². The van der Waals surface area contributed by atoms with E-state index in [9.17, 15) is 0 Å². The van der Waals surface area contributed by atoms with Gasteiger partial charge in [-0.2, -0.15) is 4.89 Å². The van der Waals surface area contributed by atoms with E-state index in [0.717, 1.165) is 12.2 Å². The molecular formula is C9H8O2. The fourth-order valence-electron chi connectivity index (χ4n) is 1.84. The van der Waals surface area contributed by atoms with Crippen LogP contribution in [0.5, 0.6) is 5.75 Å². The number of hydrogen-bond donors (Lipinski definition) is 0. The van der Waals surface area contributed by atoms with Crippen LogP contribution in [0.1, 0.15) is 17.0 Å². The lowest BCUT2D eigenvalue weighted by atomic mass is 9.85. The third-order valence-electron chi connectivity index (χ3n) is 2.42. The molecule has 1 aliphatic heterocycles. The van der Waals surface area contributed by atoms with Gasteiger partial charge in [-0.15, -0.1) is 0 Å². The predicted molar refractivity (Wildman–Crippen MR) is 39.5 cm³/mol. The van der Waals surface area contributed by atoms with Crippen molar-refractivity contribution in [2.24, 2.45) is 0 Å². The maximum Gasteiger partial charge on any atom is 0.169 e. The van der Waals surface area contributed by atoms with Crippen LogP contribution < -0.4 is 4.89 Å². The van der Waals surface area contributed by atoms with E-state index in [0.29, 0.717) is 12.5 Å². The average Bonchev–Trinajstić information content (AvgIpc) is 2.05. The third-order valence-corrected chi connectivity index (χ3v) is 2.42. The molecule has 2 nitrogen and oxygen atoms in total. The van der Waals surface area contributed by atoms with Crippen molar-refractivity contribution in [3.8, 4) is 5.75 Å². The lowest BCUT2D eigenvalue weighted by Gasteiger charge is -2.29. The number of benzene rings is 1. The van der Waals surface area contributed by atoms with Crippen LogP contribution >= 0.6 is 0 Å². The van der Waals surface area contributed by atoms with Gasteiger partial charge in [0.1, 0.15) is 6.61 Å². The first kappa shape index (κ1) is 5.61. The van der Waals surface area contributed by atoms with Gasteiger partial charge in [0, 0.05) is 11.5 Å². The first-order valence-corrected chi connectivity index (χ1v) is 3.86. The van der Waals surface area contributed by atoms with Crippen molar-refractivity contribution in [2.45, 2.75) is 12.3 Å². The average molecular weight is 148 g/mol. The second-order valence-corrected chi connectivity index (χ2v) is 3.14. The summed E-state index contributed by atoms with van der Waals surface area (Å²) in [5, 5.41) is 0. The van der Waals surface area contributed by atoms with Gasteiger partial charge in [0.2, 0.25) is 0 Å². The van der Waals surface area contributed by atoms with Crippen molar-refractivity contribution in [1.82, 2.24) is 0 Å². The van der Waals surface area contributed by atoms with Gasteiger partial charge in [-0.3, -0.25) is 0 Å². The predicted octanol–water partition coefficient (Wildman–Crippen LogP) is 1.65. The molecule has 2 heteroatoms. The highest BCUT2D eigenvalue weighted by Gasteiger charge is 2.27. The molecule has 0 saturated carbocycles. The largest absolute Gasteiger partial charge is 0.337 e. The van der Waals surface area contributed by atoms with Crippen molar-refractivity contribution < 1.29 is 9.78 Å². The molecule has 1 heterocycles. The highest BCUT2D eigenvalue weighted by Crippen LogP contribution is 2.39. The summed E-state index contributed by atoms with van der Waals surface area (Å²) in [5.41, 5.74) is 2.68. The summed E-state index contributed by atoms with van der Waals surface area (Å²) in [6.45, 7) is 0.709. The normalized spacial score (nSPS) is 24.9. The Morgan fingerprint density at radius 1 is 1.36 bits per heavy atom. The van der Waals surface area contributed by atoms with Gasteiger partial charge in [-0.1, -0.05) is 12.1 Å². The maximum absolute atomic E-state index is 5.03. The monoisotopic (exact) mass is 148 g/mol. The maximum atomic E-state index is 5.03. The number of hydrogen-bond acceptors (Lipinski definition) is 2. The zero-order chi connectivity index (χ0) is 7.26. The van der Waals surface area contributed by atoms with E-state index in [1.165, 1.54) is 11.1 Å². The quantitative estimate of drug-likeness (QED) is 0.521. The third kappa shape index (κ3) is 0.648. The summed E-state index contributed by atoms with van der Waals surface area (Å²) in [7, 11) is 0. The Labute approximate surface area is 64.7 Å². The van der Waals surface area contributed by atoms with E-state index in [-0.39, 0.29) is 0 Å². The van der Waals surface area contributed by atoms with Crippen LogP contribution in [0.15, 0.2) is 18.2 Å². The zero-order valence-electron chi connectivity index (χ0n) is 6.04. The summed E-state index contributed by atoms with van der Waals surface area (Å²) in [6.07, 6.45) is 1.12. The minimum absolute atomic E-state index is 0.559. The Morgan fingerprint density at radius 2 is 2.36 bits per heavy atom. The van der Waals surface area contributed by atoms with E-state index < -0.39 is 0 Å². The van der Waals surface area contributed by atoms with E-state index >= 15 is 0 Å². The highest BCUT2D eigenvalue weighted by atomic mass is 17.2. The van der Waals surface area contributed by atoms with E-state index in [1.807, 2.05) is 0 Å². The molecule has 1 unspecified atom stereocenters. The molecule has 4 bridgehead atoms. The molecule has 0 saturated heterocycles. The lowest BCUT2D eigenvalue weighted by Crippen LogP contribution is -2.22. The number of fused-ring (bicyclic) bond motifs is 1. The van der Waals surface area contributed by atoms with Crippen molar-refractivity contribution in [3.05, 3.63) is 29.3 Å². The smallest absolute Gasteiger partial charge is 0.169 e. The molecule has 0 fully saturated rings. The van der Waals surface area contributed by atoms with Gasteiger partial charge >= 0.3 is 0 Å². The molecule has 4 rings (SSSR count). The molecule has 11 heavy (non-hydrogen) atoms. The summed E-state index contributed by atoms with van der Waals surface area (Å²) in [4.78, 5) is 9.99. The van der Waals surface area contributed by atoms with Gasteiger partial charge in [0.15, 0.2) is 5.75 Å². The van der Waals surface area contributed by atoms with E-state index in [1.54, 1.807) is 0 Å². The first-order chi connectivity index (χ1) is 5.43. The number of rotatable bonds is 0. The first-order valence-electron chi connectivity index (χ1n) is 3.86. The van der Waals surface area contributed by atoms with Gasteiger partial charge in [-0.25, -0.2) is 0 Å².